The van der Waals surface area contributed by atoms with Crippen molar-refractivity contribution in [1.82, 2.24) is 10.3 Å². The van der Waals surface area contributed by atoms with Gasteiger partial charge in [-0.25, -0.2) is 9.37 Å². The summed E-state index contributed by atoms with van der Waals surface area (Å²) in [6, 6.07) is 9.22. The third-order valence-electron chi connectivity index (χ3n) is 3.15. The van der Waals surface area contributed by atoms with Crippen LogP contribution in [-0.4, -0.2) is 18.6 Å². The van der Waals surface area contributed by atoms with Gasteiger partial charge < -0.3 is 10.2 Å². The molecule has 0 radical (unpaired) electrons. The maximum Gasteiger partial charge on any atom is 0.141 e. The monoisotopic (exact) mass is 307 g/mol. The van der Waals surface area contributed by atoms with Crippen LogP contribution in [0.2, 0.25) is 5.02 Å². The summed E-state index contributed by atoms with van der Waals surface area (Å²) in [6.45, 7) is 4.10. The van der Waals surface area contributed by atoms with E-state index in [4.69, 9.17) is 11.6 Å². The standard InChI is InChI=1S/C16H19ClFN3/c1-3-19-9-13-8-15(18)10-20-16(13)21(2)11-12-5-4-6-14(17)7-12/h4-8,10,19H,3,9,11H2,1-2H3. The van der Waals surface area contributed by atoms with Gasteiger partial charge in [-0.1, -0.05) is 30.7 Å². The summed E-state index contributed by atoms with van der Waals surface area (Å²) < 4.78 is 13.4. The quantitative estimate of drug-likeness (QED) is 0.883. The number of anilines is 1. The van der Waals surface area contributed by atoms with Crippen LogP contribution < -0.4 is 10.2 Å². The first-order valence-corrected chi connectivity index (χ1v) is 7.28. The topological polar surface area (TPSA) is 28.2 Å². The first kappa shape index (κ1) is 15.7. The van der Waals surface area contributed by atoms with Crippen molar-refractivity contribution in [2.75, 3.05) is 18.5 Å². The van der Waals surface area contributed by atoms with Gasteiger partial charge in [-0.2, -0.15) is 0 Å². The van der Waals surface area contributed by atoms with Crippen LogP contribution >= 0.6 is 11.6 Å². The fourth-order valence-corrected chi connectivity index (χ4v) is 2.40. The number of halogens is 2. The predicted molar refractivity (Wildman–Crippen MR) is 85.1 cm³/mol. The minimum Gasteiger partial charge on any atom is -0.355 e. The maximum absolute atomic E-state index is 13.4. The number of aromatic nitrogens is 1. The molecule has 1 aromatic carbocycles. The van der Waals surface area contributed by atoms with Crippen LogP contribution in [0.5, 0.6) is 0 Å². The number of rotatable bonds is 6. The lowest BCUT2D eigenvalue weighted by Crippen LogP contribution is -2.22. The fraction of sp³-hybridized carbons (Fsp3) is 0.312. The van der Waals surface area contributed by atoms with E-state index in [-0.39, 0.29) is 5.82 Å². The van der Waals surface area contributed by atoms with Gasteiger partial charge in [0.2, 0.25) is 0 Å². The Hall–Kier alpha value is -1.65. The summed E-state index contributed by atoms with van der Waals surface area (Å²) in [5, 5.41) is 3.91. The van der Waals surface area contributed by atoms with E-state index in [9.17, 15) is 4.39 Å². The lowest BCUT2D eigenvalue weighted by atomic mass is 10.2. The summed E-state index contributed by atoms with van der Waals surface area (Å²) in [7, 11) is 1.94. The molecular weight excluding hydrogens is 289 g/mol. The number of pyridine rings is 1. The molecule has 1 N–H and O–H groups in total. The summed E-state index contributed by atoms with van der Waals surface area (Å²) in [5.41, 5.74) is 1.94. The highest BCUT2D eigenvalue weighted by Crippen LogP contribution is 2.20. The third kappa shape index (κ3) is 4.41. The van der Waals surface area contributed by atoms with E-state index in [0.29, 0.717) is 18.1 Å². The van der Waals surface area contributed by atoms with Gasteiger partial charge in [0.25, 0.3) is 0 Å². The molecule has 0 unspecified atom stereocenters. The Labute approximate surface area is 129 Å². The molecule has 1 heterocycles. The molecule has 0 aliphatic heterocycles. The Morgan fingerprint density at radius 2 is 2.14 bits per heavy atom. The van der Waals surface area contributed by atoms with Crippen LogP contribution in [0, 0.1) is 5.82 Å². The molecule has 0 amide bonds. The molecule has 0 aliphatic carbocycles. The van der Waals surface area contributed by atoms with Crippen molar-refractivity contribution in [3.05, 3.63) is 58.5 Å². The second-order valence-electron chi connectivity index (χ2n) is 4.90. The summed E-state index contributed by atoms with van der Waals surface area (Å²) in [5.74, 6) is 0.458. The highest BCUT2D eigenvalue weighted by atomic mass is 35.5. The molecule has 2 rings (SSSR count). The molecule has 0 atom stereocenters. The number of nitrogens with one attached hydrogen (secondary N) is 1. The predicted octanol–water partition coefficient (Wildman–Crippen LogP) is 3.62. The average molecular weight is 308 g/mol. The molecule has 1 aromatic heterocycles. The van der Waals surface area contributed by atoms with Crippen molar-refractivity contribution in [3.8, 4) is 0 Å². The van der Waals surface area contributed by atoms with E-state index in [1.807, 2.05) is 43.1 Å². The minimum absolute atomic E-state index is 0.317. The number of benzene rings is 1. The molecule has 0 saturated heterocycles. The molecule has 3 nitrogen and oxygen atoms in total. The van der Waals surface area contributed by atoms with E-state index in [2.05, 4.69) is 10.3 Å². The van der Waals surface area contributed by atoms with Gasteiger partial charge in [-0.3, -0.25) is 0 Å². The highest BCUT2D eigenvalue weighted by Gasteiger charge is 2.11. The van der Waals surface area contributed by atoms with Crippen molar-refractivity contribution >= 4 is 17.4 Å². The Morgan fingerprint density at radius 3 is 2.86 bits per heavy atom. The van der Waals surface area contributed by atoms with Crippen molar-refractivity contribution in [1.29, 1.82) is 0 Å². The molecule has 0 spiro atoms. The van der Waals surface area contributed by atoms with Gasteiger partial charge in [0, 0.05) is 30.7 Å². The first-order valence-electron chi connectivity index (χ1n) is 6.91. The van der Waals surface area contributed by atoms with Crippen molar-refractivity contribution < 1.29 is 4.39 Å². The molecule has 5 heteroatoms. The van der Waals surface area contributed by atoms with Gasteiger partial charge >= 0.3 is 0 Å². The van der Waals surface area contributed by atoms with Crippen molar-refractivity contribution in [2.24, 2.45) is 0 Å². The average Bonchev–Trinajstić information content (AvgIpc) is 2.45. The van der Waals surface area contributed by atoms with E-state index in [1.165, 1.54) is 12.3 Å². The molecule has 2 aromatic rings. The van der Waals surface area contributed by atoms with E-state index in [0.717, 1.165) is 23.5 Å². The van der Waals surface area contributed by atoms with Gasteiger partial charge in [-0.15, -0.1) is 0 Å². The second-order valence-corrected chi connectivity index (χ2v) is 5.34. The Balaban J connectivity index is 2.19. The second kappa shape index (κ2) is 7.38. The third-order valence-corrected chi connectivity index (χ3v) is 3.38. The molecule has 0 fully saturated rings. The molecule has 0 saturated carbocycles. The van der Waals surface area contributed by atoms with Gasteiger partial charge in [0.1, 0.15) is 11.6 Å². The minimum atomic E-state index is -0.317. The lowest BCUT2D eigenvalue weighted by molar-refractivity contribution is 0.613. The molecule has 0 aliphatic rings. The smallest absolute Gasteiger partial charge is 0.141 e. The van der Waals surface area contributed by atoms with Gasteiger partial charge in [0.05, 0.1) is 6.20 Å². The Morgan fingerprint density at radius 1 is 1.33 bits per heavy atom. The van der Waals surface area contributed by atoms with Gasteiger partial charge in [-0.05, 0) is 30.3 Å². The lowest BCUT2D eigenvalue weighted by Gasteiger charge is -2.21. The zero-order chi connectivity index (χ0) is 15.2. The Bertz CT molecular complexity index is 604. The van der Waals surface area contributed by atoms with Crippen LogP contribution in [0.3, 0.4) is 0 Å². The largest absolute Gasteiger partial charge is 0.355 e. The highest BCUT2D eigenvalue weighted by molar-refractivity contribution is 6.30. The van der Waals surface area contributed by atoms with Crippen LogP contribution in [-0.2, 0) is 13.1 Å². The van der Waals surface area contributed by atoms with Gasteiger partial charge in [0.15, 0.2) is 0 Å². The zero-order valence-corrected chi connectivity index (χ0v) is 13.0. The van der Waals surface area contributed by atoms with Crippen LogP contribution in [0.15, 0.2) is 36.5 Å². The van der Waals surface area contributed by atoms with E-state index >= 15 is 0 Å². The van der Waals surface area contributed by atoms with Crippen LogP contribution in [0.1, 0.15) is 18.1 Å². The molecule has 112 valence electrons. The Kier molecular flexibility index (Phi) is 5.53. The molecule has 0 bridgehead atoms. The van der Waals surface area contributed by atoms with Crippen molar-refractivity contribution in [2.45, 2.75) is 20.0 Å². The van der Waals surface area contributed by atoms with E-state index in [1.54, 1.807) is 0 Å². The van der Waals surface area contributed by atoms with Crippen LogP contribution in [0.4, 0.5) is 10.2 Å². The van der Waals surface area contributed by atoms with Crippen LogP contribution in [0.25, 0.3) is 0 Å². The first-order chi connectivity index (χ1) is 10.1. The zero-order valence-electron chi connectivity index (χ0n) is 12.2. The summed E-state index contributed by atoms with van der Waals surface area (Å²) in [6.07, 6.45) is 1.25. The maximum atomic E-state index is 13.4. The SMILES string of the molecule is CCNCc1cc(F)cnc1N(C)Cc1cccc(Cl)c1. The number of hydrogen-bond acceptors (Lipinski definition) is 3. The van der Waals surface area contributed by atoms with E-state index < -0.39 is 0 Å². The number of hydrogen-bond donors (Lipinski definition) is 1. The molecule has 21 heavy (non-hydrogen) atoms. The number of nitrogens with zero attached hydrogens (tertiary/aromatic N) is 2. The van der Waals surface area contributed by atoms with Crippen molar-refractivity contribution in [3.63, 3.8) is 0 Å². The summed E-state index contributed by atoms with van der Waals surface area (Å²) in [4.78, 5) is 6.23. The fourth-order valence-electron chi connectivity index (χ4n) is 2.19. The molecular formula is C16H19ClFN3. The summed E-state index contributed by atoms with van der Waals surface area (Å²) >= 11 is 6.00. The normalized spacial score (nSPS) is 10.7.